The molecule has 3 atom stereocenters. The van der Waals surface area contributed by atoms with E-state index < -0.39 is 43.7 Å². The number of aryl methyl sites for hydroxylation is 1. The number of anilines is 1. The summed E-state index contributed by atoms with van der Waals surface area (Å²) in [5.74, 6) is 0.0287. The fourth-order valence-electron chi connectivity index (χ4n) is 5.21. The number of H-pyrrole nitrogens is 1. The molecule has 14 heteroatoms. The zero-order chi connectivity index (χ0) is 25.7. The molecule has 4 saturated carbocycles. The van der Waals surface area contributed by atoms with Crippen molar-refractivity contribution in [2.45, 2.75) is 68.6 Å². The normalized spacial score (nSPS) is 28.8. The molecule has 2 bridgehead atoms. The van der Waals surface area contributed by atoms with Gasteiger partial charge in [-0.2, -0.15) is 23.4 Å². The Morgan fingerprint density at radius 2 is 2.00 bits per heavy atom. The summed E-state index contributed by atoms with van der Waals surface area (Å²) in [4.78, 5) is 24.8. The zero-order valence-corrected chi connectivity index (χ0v) is 19.4. The fourth-order valence-corrected chi connectivity index (χ4v) is 5.21. The van der Waals surface area contributed by atoms with Gasteiger partial charge in [-0.3, -0.25) is 14.6 Å². The molecule has 4 aliphatic carbocycles. The first-order chi connectivity index (χ1) is 17.0. The summed E-state index contributed by atoms with van der Waals surface area (Å²) in [7, 11) is 1.47. The Kier molecular flexibility index (Phi) is 6.17. The highest BCUT2D eigenvalue weighted by molar-refractivity contribution is 6.02. The monoisotopic (exact) mass is 514 g/mol. The first-order valence-electron chi connectivity index (χ1n) is 11.7. The van der Waals surface area contributed by atoms with Crippen molar-refractivity contribution >= 4 is 17.8 Å². The molecule has 0 spiro atoms. The van der Waals surface area contributed by atoms with Gasteiger partial charge in [-0.25, -0.2) is 9.18 Å². The number of hydrogen-bond donors (Lipinski definition) is 3. The maximum atomic E-state index is 14.6. The maximum absolute atomic E-state index is 14.6. The molecular weight excluding hydrogens is 488 g/mol. The van der Waals surface area contributed by atoms with Crippen LogP contribution >= 0.6 is 0 Å². The van der Waals surface area contributed by atoms with E-state index in [4.69, 9.17) is 4.74 Å². The molecule has 4 fully saturated rings. The lowest BCUT2D eigenvalue weighted by Gasteiger charge is -2.61. The van der Waals surface area contributed by atoms with Gasteiger partial charge < -0.3 is 20.1 Å². The molecule has 2 heterocycles. The summed E-state index contributed by atoms with van der Waals surface area (Å²) in [6.45, 7) is -1.82. The molecule has 10 nitrogen and oxygen atoms in total. The van der Waals surface area contributed by atoms with Gasteiger partial charge in [0.05, 0.1) is 12.3 Å². The number of nitrogens with one attached hydrogen (secondary N) is 3. The van der Waals surface area contributed by atoms with Crippen molar-refractivity contribution in [1.82, 2.24) is 25.3 Å². The third-order valence-electron chi connectivity index (χ3n) is 7.05. The minimum Gasteiger partial charge on any atom is -0.443 e. The van der Waals surface area contributed by atoms with Crippen LogP contribution in [0.1, 0.15) is 59.9 Å². The molecule has 0 radical (unpaired) electrons. The Bertz CT molecular complexity index is 1130. The van der Waals surface area contributed by atoms with Gasteiger partial charge in [-0.05, 0) is 44.1 Å². The number of rotatable bonds is 8. The topological polar surface area (TPSA) is 123 Å². The lowest BCUT2D eigenvalue weighted by molar-refractivity contribution is -0.176. The number of amides is 2. The number of alkyl carbamates (subject to hydrolysis) is 1. The number of alkyl halides is 4. The van der Waals surface area contributed by atoms with Gasteiger partial charge in [0, 0.05) is 30.3 Å². The molecule has 0 aromatic carbocycles. The van der Waals surface area contributed by atoms with E-state index in [1.54, 1.807) is 6.07 Å². The van der Waals surface area contributed by atoms with Crippen LogP contribution < -0.4 is 10.6 Å². The largest absolute Gasteiger partial charge is 0.443 e. The van der Waals surface area contributed by atoms with E-state index >= 15 is 0 Å². The van der Waals surface area contributed by atoms with Crippen molar-refractivity contribution in [3.63, 3.8) is 0 Å². The summed E-state index contributed by atoms with van der Waals surface area (Å²) in [5.41, 5.74) is 0.703. The minimum absolute atomic E-state index is 0.0954. The number of aromatic nitrogens is 4. The molecule has 2 amide bonds. The highest BCUT2D eigenvalue weighted by Crippen LogP contribution is 2.57. The Morgan fingerprint density at radius 3 is 2.67 bits per heavy atom. The van der Waals surface area contributed by atoms with Crippen LogP contribution in [0.5, 0.6) is 0 Å². The van der Waals surface area contributed by atoms with Crippen molar-refractivity contribution < 1.29 is 36.6 Å². The molecule has 4 aliphatic rings. The second kappa shape index (κ2) is 9.05. The summed E-state index contributed by atoms with van der Waals surface area (Å²) < 4.78 is 62.4. The summed E-state index contributed by atoms with van der Waals surface area (Å²) in [6, 6.07) is 2.90. The van der Waals surface area contributed by atoms with Gasteiger partial charge >= 0.3 is 12.3 Å². The Morgan fingerprint density at radius 1 is 1.25 bits per heavy atom. The van der Waals surface area contributed by atoms with Gasteiger partial charge in [0.1, 0.15) is 24.6 Å². The molecule has 2 aromatic heterocycles. The van der Waals surface area contributed by atoms with E-state index in [9.17, 15) is 27.2 Å². The predicted octanol–water partition coefficient (Wildman–Crippen LogP) is 3.34. The Labute approximate surface area is 203 Å². The van der Waals surface area contributed by atoms with Crippen molar-refractivity contribution in [1.29, 1.82) is 0 Å². The third-order valence-corrected chi connectivity index (χ3v) is 7.05. The highest BCUT2D eigenvalue weighted by atomic mass is 19.4. The number of aromatic amines is 1. The minimum atomic E-state index is -4.46. The number of carbonyl (C=O) groups is 2. The number of ether oxygens (including phenoxy) is 2. The standard InChI is InChI=1S/C22H26F4N6O4/c1-32-16(4-13(31-32)9-35-10-22(24,25)26)19(33)27-18-5-15(29-30-18)12-2-14(23)17(3-12)36-20(34)28-21-6-11(7-21)8-21/h4-5,11-12,14,17H,2-3,6-10H2,1H3,(H,28,34)(H2,27,29,30,33)/t11?,12-,14+,17+,21?/m0/s1. The number of carbonyl (C=O) groups excluding carboxylic acids is 2. The number of hydrogen-bond acceptors (Lipinski definition) is 6. The molecule has 36 heavy (non-hydrogen) atoms. The van der Waals surface area contributed by atoms with Gasteiger partial charge in [0.25, 0.3) is 5.91 Å². The van der Waals surface area contributed by atoms with Crippen LogP contribution in [0, 0.1) is 5.92 Å². The van der Waals surface area contributed by atoms with E-state index in [0.717, 1.165) is 19.3 Å². The van der Waals surface area contributed by atoms with Crippen LogP contribution in [0.25, 0.3) is 0 Å². The average Bonchev–Trinajstić information content (AvgIpc) is 3.42. The molecule has 3 N–H and O–H groups in total. The van der Waals surface area contributed by atoms with Crippen molar-refractivity contribution in [2.24, 2.45) is 13.0 Å². The molecular formula is C22H26F4N6O4. The van der Waals surface area contributed by atoms with E-state index in [2.05, 4.69) is 30.7 Å². The molecule has 196 valence electrons. The third kappa shape index (κ3) is 5.18. The van der Waals surface area contributed by atoms with Gasteiger partial charge in [0.2, 0.25) is 0 Å². The second-order valence-electron chi connectivity index (χ2n) is 9.93. The predicted molar refractivity (Wildman–Crippen MR) is 116 cm³/mol. The van der Waals surface area contributed by atoms with Gasteiger partial charge in [-0.1, -0.05) is 0 Å². The average molecular weight is 514 g/mol. The molecule has 0 unspecified atom stereocenters. The lowest BCUT2D eigenvalue weighted by Crippen LogP contribution is -2.68. The molecule has 2 aromatic rings. The summed E-state index contributed by atoms with van der Waals surface area (Å²) >= 11 is 0. The SMILES string of the molecule is Cn1nc(COCC(F)(F)F)cc1C(=O)Nc1cc([C@H]2C[C@@H](F)[C@H](OC(=O)NC34CC(C3)C4)C2)[nH]n1. The highest BCUT2D eigenvalue weighted by Gasteiger charge is 2.58. The second-order valence-corrected chi connectivity index (χ2v) is 9.93. The van der Waals surface area contributed by atoms with Crippen LogP contribution in [0.2, 0.25) is 0 Å². The fraction of sp³-hybridized carbons (Fsp3) is 0.636. The van der Waals surface area contributed by atoms with Crippen molar-refractivity contribution in [3.05, 3.63) is 29.2 Å². The number of halogens is 4. The van der Waals surface area contributed by atoms with Crippen LogP contribution in [0.4, 0.5) is 28.2 Å². The van der Waals surface area contributed by atoms with Crippen molar-refractivity contribution in [3.8, 4) is 0 Å². The van der Waals surface area contributed by atoms with Crippen LogP contribution in [-0.4, -0.2) is 62.6 Å². The Balaban J connectivity index is 1.13. The van der Waals surface area contributed by atoms with E-state index in [1.165, 1.54) is 17.8 Å². The van der Waals surface area contributed by atoms with Gasteiger partial charge in [-0.15, -0.1) is 0 Å². The molecule has 0 saturated heterocycles. The quantitative estimate of drug-likeness (QED) is 0.465. The summed E-state index contributed by atoms with van der Waals surface area (Å²) in [6.07, 6.45) is -3.92. The van der Waals surface area contributed by atoms with E-state index in [0.29, 0.717) is 11.6 Å². The zero-order valence-electron chi connectivity index (χ0n) is 19.4. The van der Waals surface area contributed by atoms with Crippen LogP contribution in [0.3, 0.4) is 0 Å². The first-order valence-corrected chi connectivity index (χ1v) is 11.7. The molecule has 0 aliphatic heterocycles. The first kappa shape index (κ1) is 24.5. The smallest absolute Gasteiger partial charge is 0.411 e. The van der Waals surface area contributed by atoms with Crippen molar-refractivity contribution in [2.75, 3.05) is 11.9 Å². The van der Waals surface area contributed by atoms with Gasteiger partial charge in [0.15, 0.2) is 5.82 Å². The summed E-state index contributed by atoms with van der Waals surface area (Å²) in [5, 5.41) is 16.3. The van der Waals surface area contributed by atoms with Crippen LogP contribution in [0.15, 0.2) is 12.1 Å². The van der Waals surface area contributed by atoms with E-state index in [-0.39, 0.29) is 41.5 Å². The van der Waals surface area contributed by atoms with Crippen LogP contribution in [-0.2, 0) is 23.1 Å². The maximum Gasteiger partial charge on any atom is 0.411 e. The lowest BCUT2D eigenvalue weighted by atomic mass is 9.50. The molecule has 6 rings (SSSR count). The Hall–Kier alpha value is -3.16. The number of nitrogens with zero attached hydrogens (tertiary/aromatic N) is 3. The van der Waals surface area contributed by atoms with E-state index in [1.807, 2.05) is 0 Å².